The molecule has 1 aliphatic rings. The fraction of sp³-hybridized carbons (Fsp3) is 0.474. The van der Waals surface area contributed by atoms with Gasteiger partial charge in [-0.2, -0.15) is 18.3 Å². The fourth-order valence-electron chi connectivity index (χ4n) is 3.87. The van der Waals surface area contributed by atoms with Crippen molar-refractivity contribution in [3.63, 3.8) is 0 Å². The van der Waals surface area contributed by atoms with Crippen LogP contribution in [0.1, 0.15) is 39.3 Å². The number of nitrogens with zero attached hydrogens (tertiary/aromatic N) is 2. The fourth-order valence-corrected chi connectivity index (χ4v) is 4.54. The highest BCUT2D eigenvalue weighted by molar-refractivity contribution is 8.00. The number of hydrogen-bond donors (Lipinski definition) is 3. The van der Waals surface area contributed by atoms with E-state index in [0.717, 1.165) is 12.8 Å². The number of anilines is 1. The molecule has 0 spiro atoms. The summed E-state index contributed by atoms with van der Waals surface area (Å²) in [4.78, 5) is 10.9. The maximum absolute atomic E-state index is 13.1. The van der Waals surface area contributed by atoms with Crippen LogP contribution in [-0.4, -0.2) is 38.7 Å². The molecule has 0 aliphatic heterocycles. The van der Waals surface area contributed by atoms with Crippen LogP contribution in [0.5, 0.6) is 0 Å². The number of amides is 1. The van der Waals surface area contributed by atoms with Crippen molar-refractivity contribution in [1.82, 2.24) is 14.9 Å². The summed E-state index contributed by atoms with van der Waals surface area (Å²) < 4.78 is 40.8. The van der Waals surface area contributed by atoms with Crippen LogP contribution in [0.15, 0.2) is 23.1 Å². The number of alkyl halides is 3. The number of rotatable bonds is 4. The van der Waals surface area contributed by atoms with Crippen molar-refractivity contribution >= 4 is 29.0 Å². The maximum atomic E-state index is 13.1. The molecule has 3 rings (SSSR count). The number of aromatic nitrogens is 2. The standard InChI is InChI=1S/C19H22F3N5OS/c1-12(28)24-9-5-6-13-16(29-19(20,21)22)14-7-4-8-15(27(14)26-13)25-18(3)10-17(2,23)11-18/h4,7-8,25H,9-11,23H2,1-3H3,(H,24,28). The van der Waals surface area contributed by atoms with Gasteiger partial charge in [-0.25, -0.2) is 4.52 Å². The minimum absolute atomic E-state index is 0.00866. The van der Waals surface area contributed by atoms with E-state index < -0.39 is 5.51 Å². The normalized spacial score (nSPS) is 23.8. The number of carbonyl (C=O) groups excluding carboxylic acids is 1. The molecule has 2 aromatic rings. The molecule has 10 heteroatoms. The molecule has 1 aliphatic carbocycles. The van der Waals surface area contributed by atoms with E-state index in [1.807, 2.05) is 13.8 Å². The molecule has 4 N–H and O–H groups in total. The molecule has 1 fully saturated rings. The Morgan fingerprint density at radius 3 is 2.66 bits per heavy atom. The van der Waals surface area contributed by atoms with Crippen molar-refractivity contribution in [1.29, 1.82) is 0 Å². The highest BCUT2D eigenvalue weighted by atomic mass is 32.2. The first-order valence-electron chi connectivity index (χ1n) is 8.95. The zero-order chi connectivity index (χ0) is 21.4. The number of nitrogens with two attached hydrogens (primary N) is 1. The summed E-state index contributed by atoms with van der Waals surface area (Å²) in [5, 5.41) is 10.2. The van der Waals surface area contributed by atoms with Crippen molar-refractivity contribution in [2.75, 3.05) is 11.9 Å². The average Bonchev–Trinajstić information content (AvgIpc) is 2.86. The van der Waals surface area contributed by atoms with Gasteiger partial charge in [0.05, 0.1) is 17.0 Å². The summed E-state index contributed by atoms with van der Waals surface area (Å²) in [5.41, 5.74) is 1.41. The largest absolute Gasteiger partial charge is 0.446 e. The van der Waals surface area contributed by atoms with Crippen LogP contribution >= 0.6 is 11.8 Å². The first-order valence-corrected chi connectivity index (χ1v) is 9.77. The summed E-state index contributed by atoms with van der Waals surface area (Å²) in [6.45, 7) is 5.34. The maximum Gasteiger partial charge on any atom is 0.446 e. The van der Waals surface area contributed by atoms with Crippen molar-refractivity contribution in [2.45, 2.75) is 55.1 Å². The highest BCUT2D eigenvalue weighted by Crippen LogP contribution is 2.43. The highest BCUT2D eigenvalue weighted by Gasteiger charge is 2.46. The molecule has 1 saturated carbocycles. The Bertz CT molecular complexity index is 995. The Balaban J connectivity index is 1.99. The third-order valence-electron chi connectivity index (χ3n) is 4.48. The third kappa shape index (κ3) is 5.16. The number of pyridine rings is 1. The van der Waals surface area contributed by atoms with Gasteiger partial charge in [-0.1, -0.05) is 12.0 Å². The Kier molecular flexibility index (Phi) is 5.49. The molecule has 0 atom stereocenters. The first-order chi connectivity index (χ1) is 13.4. The Hall–Kier alpha value is -2.38. The molecule has 0 saturated heterocycles. The van der Waals surface area contributed by atoms with Gasteiger partial charge >= 0.3 is 5.51 Å². The van der Waals surface area contributed by atoms with Gasteiger partial charge in [0.1, 0.15) is 11.5 Å². The Labute approximate surface area is 170 Å². The van der Waals surface area contributed by atoms with Crippen LogP contribution in [0.2, 0.25) is 0 Å². The van der Waals surface area contributed by atoms with Crippen LogP contribution < -0.4 is 16.4 Å². The molecule has 0 unspecified atom stereocenters. The van der Waals surface area contributed by atoms with Crippen LogP contribution in [0.4, 0.5) is 19.0 Å². The number of hydrogen-bond acceptors (Lipinski definition) is 5. The van der Waals surface area contributed by atoms with Gasteiger partial charge in [0.15, 0.2) is 0 Å². The monoisotopic (exact) mass is 425 g/mol. The number of halogens is 3. The summed E-state index contributed by atoms with van der Waals surface area (Å²) in [6.07, 6.45) is 1.45. The molecule has 2 aromatic heterocycles. The molecular formula is C19H22F3N5OS. The van der Waals surface area contributed by atoms with E-state index in [4.69, 9.17) is 5.73 Å². The predicted molar refractivity (Wildman–Crippen MR) is 107 cm³/mol. The van der Waals surface area contributed by atoms with E-state index in [1.165, 1.54) is 11.4 Å². The van der Waals surface area contributed by atoms with Gasteiger partial charge in [-0.3, -0.25) is 4.79 Å². The van der Waals surface area contributed by atoms with Crippen molar-refractivity contribution in [3.8, 4) is 11.8 Å². The lowest BCUT2D eigenvalue weighted by molar-refractivity contribution is -0.118. The van der Waals surface area contributed by atoms with Crippen LogP contribution in [0.3, 0.4) is 0 Å². The number of fused-ring (bicyclic) bond motifs is 1. The van der Waals surface area contributed by atoms with Gasteiger partial charge in [0.25, 0.3) is 0 Å². The lowest BCUT2D eigenvalue weighted by Crippen LogP contribution is -2.62. The molecule has 29 heavy (non-hydrogen) atoms. The average molecular weight is 425 g/mol. The second kappa shape index (κ2) is 7.46. The number of nitrogens with one attached hydrogen (secondary N) is 2. The van der Waals surface area contributed by atoms with Gasteiger partial charge in [-0.05, 0) is 56.5 Å². The van der Waals surface area contributed by atoms with E-state index in [2.05, 4.69) is 27.6 Å². The zero-order valence-corrected chi connectivity index (χ0v) is 17.1. The Morgan fingerprint density at radius 2 is 2.07 bits per heavy atom. The van der Waals surface area contributed by atoms with E-state index in [9.17, 15) is 18.0 Å². The molecule has 2 heterocycles. The molecule has 0 radical (unpaired) electrons. The van der Waals surface area contributed by atoms with Crippen LogP contribution in [0, 0.1) is 11.8 Å². The molecule has 0 aromatic carbocycles. The minimum Gasteiger partial charge on any atom is -0.365 e. The first kappa shape index (κ1) is 21.3. The minimum atomic E-state index is -4.48. The zero-order valence-electron chi connectivity index (χ0n) is 16.3. The molecule has 156 valence electrons. The molecular weight excluding hydrogens is 403 g/mol. The van der Waals surface area contributed by atoms with Crippen LogP contribution in [-0.2, 0) is 4.79 Å². The molecule has 1 amide bonds. The van der Waals surface area contributed by atoms with Crippen LogP contribution in [0.25, 0.3) is 5.52 Å². The van der Waals surface area contributed by atoms with Gasteiger partial charge in [0.2, 0.25) is 5.91 Å². The molecule has 0 bridgehead atoms. The summed E-state index contributed by atoms with van der Waals surface area (Å²) in [6, 6.07) is 5.01. The topological polar surface area (TPSA) is 84.5 Å². The summed E-state index contributed by atoms with van der Waals surface area (Å²) in [7, 11) is 0. The Morgan fingerprint density at radius 1 is 1.38 bits per heavy atom. The van der Waals surface area contributed by atoms with Gasteiger partial charge < -0.3 is 16.4 Å². The number of thioether (sulfide) groups is 1. The third-order valence-corrected chi connectivity index (χ3v) is 5.32. The second-order valence-electron chi connectivity index (χ2n) is 7.84. The van der Waals surface area contributed by atoms with E-state index in [1.54, 1.807) is 18.2 Å². The summed E-state index contributed by atoms with van der Waals surface area (Å²) >= 11 is -0.247. The van der Waals surface area contributed by atoms with Gasteiger partial charge in [-0.15, -0.1) is 0 Å². The molecule has 6 nitrogen and oxygen atoms in total. The quantitative estimate of drug-likeness (QED) is 0.518. The smallest absolute Gasteiger partial charge is 0.365 e. The van der Waals surface area contributed by atoms with Crippen molar-refractivity contribution < 1.29 is 18.0 Å². The van der Waals surface area contributed by atoms with E-state index in [-0.39, 0.29) is 45.9 Å². The summed E-state index contributed by atoms with van der Waals surface area (Å²) in [5.74, 6) is 5.59. The predicted octanol–water partition coefficient (Wildman–Crippen LogP) is 3.12. The van der Waals surface area contributed by atoms with Crippen molar-refractivity contribution in [3.05, 3.63) is 23.9 Å². The van der Waals surface area contributed by atoms with Gasteiger partial charge in [0, 0.05) is 18.0 Å². The van der Waals surface area contributed by atoms with E-state index >= 15 is 0 Å². The SMILES string of the molecule is CC(=O)NCC#Cc1nn2c(NC3(C)CC(C)(N)C3)cccc2c1SC(F)(F)F. The number of carbonyl (C=O) groups is 1. The van der Waals surface area contributed by atoms with Crippen molar-refractivity contribution in [2.24, 2.45) is 5.73 Å². The second-order valence-corrected chi connectivity index (χ2v) is 8.91. The lowest BCUT2D eigenvalue weighted by atomic mass is 9.65. The lowest BCUT2D eigenvalue weighted by Gasteiger charge is -2.51. The van der Waals surface area contributed by atoms with E-state index in [0.29, 0.717) is 11.3 Å².